The summed E-state index contributed by atoms with van der Waals surface area (Å²) in [5.41, 5.74) is 2.21. The summed E-state index contributed by atoms with van der Waals surface area (Å²) < 4.78 is 22.9. The first kappa shape index (κ1) is 21.8. The van der Waals surface area contributed by atoms with Gasteiger partial charge in [-0.25, -0.2) is 13.6 Å². The van der Waals surface area contributed by atoms with Crippen LogP contribution in [0.2, 0.25) is 0 Å². The number of fused-ring (bicyclic) bond motifs is 1. The van der Waals surface area contributed by atoms with Gasteiger partial charge in [-0.15, -0.1) is 11.3 Å². The van der Waals surface area contributed by atoms with Crippen molar-refractivity contribution < 1.29 is 18.0 Å². The van der Waals surface area contributed by atoms with Gasteiger partial charge in [-0.1, -0.05) is 24.3 Å². The minimum Gasteiger partial charge on any atom is -0.361 e. The molecule has 2 heterocycles. The normalized spacial score (nSPS) is 12.4. The highest BCUT2D eigenvalue weighted by Gasteiger charge is 2.24. The lowest BCUT2D eigenvalue weighted by Gasteiger charge is -2.18. The fraction of sp³-hybridized carbons (Fsp3) is 0.0909. The third kappa shape index (κ3) is 4.88. The summed E-state index contributed by atoms with van der Waals surface area (Å²) >= 11 is 1.28. The van der Waals surface area contributed by atoms with Gasteiger partial charge in [-0.05, 0) is 47.3 Å². The lowest BCUT2D eigenvalue weighted by Crippen LogP contribution is -2.45. The summed E-state index contributed by atoms with van der Waals surface area (Å²) in [4.78, 5) is 29.4. The summed E-state index contributed by atoms with van der Waals surface area (Å²) in [7, 11) is -3.83. The predicted molar refractivity (Wildman–Crippen MR) is 124 cm³/mol. The van der Waals surface area contributed by atoms with Crippen molar-refractivity contribution in [3.05, 3.63) is 82.7 Å². The Morgan fingerprint density at radius 3 is 2.47 bits per heavy atom. The number of benzene rings is 2. The molecule has 1 atom stereocenters. The van der Waals surface area contributed by atoms with Crippen LogP contribution in [0.4, 0.5) is 5.69 Å². The molecule has 1 unspecified atom stereocenters. The monoisotopic (exact) mass is 468 g/mol. The van der Waals surface area contributed by atoms with E-state index in [9.17, 15) is 18.0 Å². The second-order valence-corrected chi connectivity index (χ2v) is 9.63. The third-order valence-corrected chi connectivity index (χ3v) is 6.71. The zero-order valence-electron chi connectivity index (χ0n) is 16.7. The maximum Gasteiger partial charge on any atom is 0.262 e. The zero-order chi connectivity index (χ0) is 22.7. The van der Waals surface area contributed by atoms with Crippen molar-refractivity contribution in [2.75, 3.05) is 5.32 Å². The molecule has 4 aromatic rings. The summed E-state index contributed by atoms with van der Waals surface area (Å²) in [6.45, 7) is 0. The molecule has 0 radical (unpaired) electrons. The van der Waals surface area contributed by atoms with Gasteiger partial charge in [0.05, 0.1) is 9.77 Å². The number of thiophene rings is 1. The molecule has 0 aliphatic heterocycles. The number of amides is 2. The van der Waals surface area contributed by atoms with Gasteiger partial charge in [-0.3, -0.25) is 9.59 Å². The standard InChI is InChI=1S/C22H20N4O4S2/c23-32(29,30)16-9-7-15(8-10-16)25-21(27)19(26-22(28)20-6-3-11-31-20)12-14-13-24-18-5-2-1-4-17(14)18/h1-11,13,19,24H,12H2,(H,25,27)(H,26,28)(H2,23,29,30). The highest BCUT2D eigenvalue weighted by Crippen LogP contribution is 2.20. The number of sulfonamides is 1. The van der Waals surface area contributed by atoms with Crippen LogP contribution in [-0.4, -0.2) is 31.3 Å². The number of rotatable bonds is 7. The molecule has 0 saturated heterocycles. The Balaban J connectivity index is 1.57. The number of H-pyrrole nitrogens is 1. The molecule has 8 nitrogen and oxygen atoms in total. The van der Waals surface area contributed by atoms with E-state index in [4.69, 9.17) is 5.14 Å². The van der Waals surface area contributed by atoms with E-state index in [0.29, 0.717) is 10.6 Å². The van der Waals surface area contributed by atoms with Crippen LogP contribution in [0.5, 0.6) is 0 Å². The summed E-state index contributed by atoms with van der Waals surface area (Å²) in [6.07, 6.45) is 2.09. The fourth-order valence-corrected chi connectivity index (χ4v) is 4.47. The lowest BCUT2D eigenvalue weighted by molar-refractivity contribution is -0.118. The minimum absolute atomic E-state index is 0.0585. The van der Waals surface area contributed by atoms with Crippen molar-refractivity contribution in [1.29, 1.82) is 0 Å². The van der Waals surface area contributed by atoms with Gasteiger partial charge in [-0.2, -0.15) is 0 Å². The van der Waals surface area contributed by atoms with Gasteiger partial charge in [0.2, 0.25) is 15.9 Å². The number of anilines is 1. The summed E-state index contributed by atoms with van der Waals surface area (Å²) in [5.74, 6) is -0.770. The van der Waals surface area contributed by atoms with Crippen LogP contribution in [0.25, 0.3) is 10.9 Å². The number of aromatic nitrogens is 1. The molecular weight excluding hydrogens is 448 g/mol. The molecule has 2 amide bonds. The molecule has 2 aromatic heterocycles. The second kappa shape index (κ2) is 8.95. The van der Waals surface area contributed by atoms with E-state index in [1.807, 2.05) is 30.5 Å². The highest BCUT2D eigenvalue weighted by molar-refractivity contribution is 7.89. The highest BCUT2D eigenvalue weighted by atomic mass is 32.2. The van der Waals surface area contributed by atoms with Crippen LogP contribution < -0.4 is 15.8 Å². The number of carbonyl (C=O) groups excluding carboxylic acids is 2. The first-order valence-electron chi connectivity index (χ1n) is 9.64. The van der Waals surface area contributed by atoms with Gasteiger partial charge in [0, 0.05) is 29.2 Å². The van der Waals surface area contributed by atoms with E-state index in [0.717, 1.165) is 16.5 Å². The molecule has 10 heteroatoms. The number of aromatic amines is 1. The Morgan fingerprint density at radius 1 is 1.03 bits per heavy atom. The molecule has 2 aromatic carbocycles. The van der Waals surface area contributed by atoms with Crippen molar-refractivity contribution in [1.82, 2.24) is 10.3 Å². The zero-order valence-corrected chi connectivity index (χ0v) is 18.4. The Hall–Kier alpha value is -3.47. The van der Waals surface area contributed by atoms with Crippen LogP contribution in [0, 0.1) is 0 Å². The number of nitrogens with two attached hydrogens (primary N) is 1. The third-order valence-electron chi connectivity index (χ3n) is 4.92. The second-order valence-electron chi connectivity index (χ2n) is 7.13. The molecule has 0 bridgehead atoms. The summed E-state index contributed by atoms with van der Waals surface area (Å²) in [5, 5.41) is 13.4. The lowest BCUT2D eigenvalue weighted by atomic mass is 10.0. The SMILES string of the molecule is NS(=O)(=O)c1ccc(NC(=O)C(Cc2c[nH]c3ccccc23)NC(=O)c2cccs2)cc1. The van der Waals surface area contributed by atoms with Crippen molar-refractivity contribution >= 4 is 49.8 Å². The van der Waals surface area contributed by atoms with E-state index in [1.54, 1.807) is 17.5 Å². The van der Waals surface area contributed by atoms with E-state index >= 15 is 0 Å². The molecule has 0 saturated carbocycles. The molecule has 0 aliphatic rings. The van der Waals surface area contributed by atoms with Crippen molar-refractivity contribution in [2.24, 2.45) is 5.14 Å². The quantitative estimate of drug-likeness (QED) is 0.332. The van der Waals surface area contributed by atoms with E-state index in [1.165, 1.54) is 35.6 Å². The maximum absolute atomic E-state index is 13.1. The average molecular weight is 469 g/mol. The van der Waals surface area contributed by atoms with E-state index in [-0.39, 0.29) is 17.2 Å². The Bertz CT molecular complexity index is 1360. The molecule has 0 spiro atoms. The first-order valence-corrected chi connectivity index (χ1v) is 12.1. The van der Waals surface area contributed by atoms with Crippen molar-refractivity contribution in [3.63, 3.8) is 0 Å². The van der Waals surface area contributed by atoms with Gasteiger partial charge >= 0.3 is 0 Å². The summed E-state index contributed by atoms with van der Waals surface area (Å²) in [6, 6.07) is 15.8. The van der Waals surface area contributed by atoms with E-state index in [2.05, 4.69) is 15.6 Å². The van der Waals surface area contributed by atoms with Gasteiger partial charge in [0.1, 0.15) is 6.04 Å². The van der Waals surface area contributed by atoms with Crippen LogP contribution >= 0.6 is 11.3 Å². The van der Waals surface area contributed by atoms with Gasteiger partial charge in [0.15, 0.2) is 0 Å². The predicted octanol–water partition coefficient (Wildman–Crippen LogP) is 2.86. The topological polar surface area (TPSA) is 134 Å². The number of primary sulfonamides is 1. The van der Waals surface area contributed by atoms with Crippen molar-refractivity contribution in [2.45, 2.75) is 17.4 Å². The van der Waals surface area contributed by atoms with Gasteiger partial charge in [0.25, 0.3) is 5.91 Å². The number of hydrogen-bond donors (Lipinski definition) is 4. The van der Waals surface area contributed by atoms with Crippen LogP contribution in [-0.2, 0) is 21.2 Å². The molecule has 4 rings (SSSR count). The van der Waals surface area contributed by atoms with E-state index < -0.39 is 22.0 Å². The fourth-order valence-electron chi connectivity index (χ4n) is 3.32. The molecule has 0 aliphatic carbocycles. The molecular formula is C22H20N4O4S2. The maximum atomic E-state index is 13.1. The largest absolute Gasteiger partial charge is 0.361 e. The minimum atomic E-state index is -3.83. The smallest absolute Gasteiger partial charge is 0.262 e. The number of carbonyl (C=O) groups is 2. The Morgan fingerprint density at radius 2 is 1.78 bits per heavy atom. The van der Waals surface area contributed by atoms with Gasteiger partial charge < -0.3 is 15.6 Å². The van der Waals surface area contributed by atoms with Crippen molar-refractivity contribution in [3.8, 4) is 0 Å². The van der Waals surface area contributed by atoms with Crippen LogP contribution in [0.3, 0.4) is 0 Å². The van der Waals surface area contributed by atoms with Crippen LogP contribution in [0.1, 0.15) is 15.2 Å². The number of para-hydroxylation sites is 1. The number of nitrogens with one attached hydrogen (secondary N) is 3. The van der Waals surface area contributed by atoms with Crippen LogP contribution in [0.15, 0.2) is 77.1 Å². The molecule has 5 N–H and O–H groups in total. The average Bonchev–Trinajstić information content (AvgIpc) is 3.43. The molecule has 32 heavy (non-hydrogen) atoms. The first-order chi connectivity index (χ1) is 15.3. The molecule has 164 valence electrons. The Kier molecular flexibility index (Phi) is 6.08. The molecule has 0 fully saturated rings. The Labute approximate surface area is 188 Å². The number of hydrogen-bond acceptors (Lipinski definition) is 5.